The van der Waals surface area contributed by atoms with Crippen LogP contribution in [0.25, 0.3) is 0 Å². The summed E-state index contributed by atoms with van der Waals surface area (Å²) in [5, 5.41) is 8.39. The number of methoxy groups -OCH3 is 1. The Kier molecular flexibility index (Phi) is 19.8. The first kappa shape index (κ1) is 47.5. The molecule has 2 atom stereocenters. The molecule has 8 aromatic rings. The molecule has 0 aliphatic carbocycles. The Bertz CT molecular complexity index is 2040. The maximum atomic E-state index is 7.72. The summed E-state index contributed by atoms with van der Waals surface area (Å²) >= 11 is 1.87. The summed E-state index contributed by atoms with van der Waals surface area (Å²) in [6.07, 6.45) is 1.57. The predicted octanol–water partition coefficient (Wildman–Crippen LogP) is 12.1. The predicted molar refractivity (Wildman–Crippen MR) is 265 cm³/mol. The fourth-order valence-electron chi connectivity index (χ4n) is 7.06. The second-order valence-corrected chi connectivity index (χ2v) is 20.1. The van der Waals surface area contributed by atoms with Crippen LogP contribution in [0.15, 0.2) is 248 Å². The summed E-state index contributed by atoms with van der Waals surface area (Å²) < 4.78 is 5.61. The molecule has 0 aromatic heterocycles. The van der Waals surface area contributed by atoms with Gasteiger partial charge in [-0.05, 0) is 79.7 Å². The number of allylic oxidation sites excluding steroid dienone is 1. The van der Waals surface area contributed by atoms with Crippen molar-refractivity contribution in [2.24, 2.45) is 5.92 Å². The van der Waals surface area contributed by atoms with Crippen molar-refractivity contribution in [1.82, 2.24) is 0 Å². The molecule has 0 spiro atoms. The van der Waals surface area contributed by atoms with Crippen molar-refractivity contribution in [3.05, 3.63) is 255 Å². The molecule has 0 amide bonds. The minimum atomic E-state index is -0.446. The van der Waals surface area contributed by atoms with Crippen LogP contribution < -0.4 is 31.8 Å². The fraction of sp³-hybridized carbons (Fsp3) is 0.125. The molecule has 0 fully saturated rings. The van der Waals surface area contributed by atoms with Crippen LogP contribution in [0.4, 0.5) is 0 Å². The van der Waals surface area contributed by atoms with Crippen molar-refractivity contribution < 1.29 is 24.2 Å². The molecular formula is C56H53OP2RuS+. The molecule has 1 aliphatic rings. The Labute approximate surface area is 385 Å². The van der Waals surface area contributed by atoms with Crippen LogP contribution in [0.3, 0.4) is 0 Å². The molecule has 0 bridgehead atoms. The van der Waals surface area contributed by atoms with Gasteiger partial charge in [0.2, 0.25) is 0 Å². The largest absolute Gasteiger partial charge is 2.00 e. The summed E-state index contributed by atoms with van der Waals surface area (Å²) in [5.41, 5.74) is 1.08. The molecule has 5 heteroatoms. The van der Waals surface area contributed by atoms with E-state index in [-0.39, 0.29) is 31.0 Å². The number of fused-ring (bicyclic) bond motifs is 1. The molecule has 2 radical (unpaired) electrons. The molecular weight excluding hydrogens is 884 g/mol. The fourth-order valence-corrected chi connectivity index (χ4v) is 13.2. The minimum Gasteiger partial charge on any atom is -0.378 e. The SMILES string of the molecule is [C]=CC1c2ccccc2SCC1C(C)(C)OC.[Ru+2].c1cc[cH-]c1.c1ccc(P(c2ccccc2)c2ccccc2)cc1.c1ccc(P(c2ccccc2)c2ccccc2)cc1. The molecule has 1 aliphatic heterocycles. The average Bonchev–Trinajstić information content (AvgIpc) is 3.92. The molecule has 2 unspecified atom stereocenters. The van der Waals surface area contributed by atoms with Gasteiger partial charge in [0.15, 0.2) is 0 Å². The maximum absolute atomic E-state index is 7.72. The van der Waals surface area contributed by atoms with Crippen molar-refractivity contribution in [1.29, 1.82) is 0 Å². The second kappa shape index (κ2) is 25.4. The van der Waals surface area contributed by atoms with E-state index >= 15 is 0 Å². The van der Waals surface area contributed by atoms with Crippen LogP contribution in [-0.4, -0.2) is 18.5 Å². The molecule has 9 rings (SSSR count). The van der Waals surface area contributed by atoms with Crippen LogP contribution in [-0.2, 0) is 24.2 Å². The van der Waals surface area contributed by atoms with Gasteiger partial charge < -0.3 is 4.74 Å². The first-order valence-corrected chi connectivity index (χ1v) is 24.0. The van der Waals surface area contributed by atoms with Crippen molar-refractivity contribution in [2.75, 3.05) is 12.9 Å². The van der Waals surface area contributed by atoms with E-state index in [9.17, 15) is 0 Å². The molecule has 0 saturated carbocycles. The normalized spacial score (nSPS) is 14.0. The maximum Gasteiger partial charge on any atom is 2.00 e. The zero-order valence-electron chi connectivity index (χ0n) is 35.0. The van der Waals surface area contributed by atoms with Crippen LogP contribution in [0.2, 0.25) is 0 Å². The van der Waals surface area contributed by atoms with E-state index < -0.39 is 15.8 Å². The summed E-state index contributed by atoms with van der Waals surface area (Å²) in [6.45, 7) is 12.0. The second-order valence-electron chi connectivity index (χ2n) is 14.6. The Balaban J connectivity index is 0.000000162. The van der Waals surface area contributed by atoms with Gasteiger partial charge in [0, 0.05) is 29.6 Å². The van der Waals surface area contributed by atoms with Crippen molar-refractivity contribution >= 4 is 59.4 Å². The van der Waals surface area contributed by atoms with Gasteiger partial charge in [-0.2, -0.15) is 18.2 Å². The third kappa shape index (κ3) is 13.7. The number of thioether (sulfide) groups is 1. The van der Waals surface area contributed by atoms with E-state index in [1.807, 2.05) is 42.1 Å². The zero-order valence-corrected chi connectivity index (χ0v) is 39.4. The van der Waals surface area contributed by atoms with Crippen LogP contribution >= 0.6 is 27.6 Å². The van der Waals surface area contributed by atoms with Crippen molar-refractivity contribution in [3.63, 3.8) is 0 Å². The third-order valence-corrected chi connectivity index (χ3v) is 16.5. The van der Waals surface area contributed by atoms with Gasteiger partial charge in [-0.3, -0.25) is 0 Å². The van der Waals surface area contributed by atoms with Crippen molar-refractivity contribution in [2.45, 2.75) is 30.3 Å². The smallest absolute Gasteiger partial charge is 0.378 e. The number of hydrogen-bond acceptors (Lipinski definition) is 2. The Morgan fingerprint density at radius 1 is 0.508 bits per heavy atom. The Hall–Kier alpha value is -4.58. The third-order valence-electron chi connectivity index (χ3n) is 10.4. The van der Waals surface area contributed by atoms with E-state index in [4.69, 9.17) is 11.3 Å². The summed E-state index contributed by atoms with van der Waals surface area (Å²) in [7, 11) is 0.864. The average molecular weight is 937 g/mol. The van der Waals surface area contributed by atoms with Gasteiger partial charge in [-0.1, -0.05) is 206 Å². The molecule has 61 heavy (non-hydrogen) atoms. The Morgan fingerprint density at radius 2 is 0.820 bits per heavy atom. The first-order valence-electron chi connectivity index (χ1n) is 20.3. The van der Waals surface area contributed by atoms with E-state index in [2.05, 4.69) is 220 Å². The summed E-state index contributed by atoms with van der Waals surface area (Å²) in [6, 6.07) is 83.0. The molecule has 1 nitrogen and oxygen atoms in total. The van der Waals surface area contributed by atoms with E-state index in [0.717, 1.165) is 5.75 Å². The molecule has 0 saturated heterocycles. The van der Waals surface area contributed by atoms with Crippen LogP contribution in [0.1, 0.15) is 25.3 Å². The van der Waals surface area contributed by atoms with E-state index in [1.54, 1.807) is 13.2 Å². The molecule has 1 heterocycles. The molecule has 0 N–H and O–H groups in total. The Morgan fingerprint density at radius 3 is 1.10 bits per heavy atom. The number of hydrogen-bond donors (Lipinski definition) is 0. The number of rotatable bonds is 9. The van der Waals surface area contributed by atoms with Gasteiger partial charge in [0.05, 0.1) is 5.60 Å². The van der Waals surface area contributed by atoms with Gasteiger partial charge in [0.25, 0.3) is 0 Å². The van der Waals surface area contributed by atoms with E-state index in [0.29, 0.717) is 5.92 Å². The van der Waals surface area contributed by atoms with Gasteiger partial charge in [-0.25, -0.2) is 12.1 Å². The van der Waals surface area contributed by atoms with Crippen molar-refractivity contribution in [3.8, 4) is 0 Å². The summed E-state index contributed by atoms with van der Waals surface area (Å²) in [4.78, 5) is 1.31. The van der Waals surface area contributed by atoms with Crippen LogP contribution in [0, 0.1) is 12.5 Å². The first-order chi connectivity index (χ1) is 29.5. The molecule has 306 valence electrons. The van der Waals surface area contributed by atoms with Gasteiger partial charge in [-0.15, -0.1) is 11.8 Å². The number of benzene rings is 7. The number of ether oxygens (including phenoxy) is 1. The zero-order chi connectivity index (χ0) is 41.8. The van der Waals surface area contributed by atoms with Gasteiger partial charge >= 0.3 is 19.5 Å². The quantitative estimate of drug-likeness (QED) is 0.0810. The monoisotopic (exact) mass is 937 g/mol. The standard InChI is InChI=1S/2C18H15P.C15H18OS.C5H5.Ru/c2*1-4-10-16(11-5-1)19(17-12-6-2-7-13-17)18-14-8-3-9-15-18;1-5-11-12-8-6-7-9-14(12)17-10-13(11)15(2,3)16-4;1-2-4-5-3-1;/h2*1-15H;5-9,11,13H,10H2,2-4H3;1-5H;/q;;;-1;+2. The van der Waals surface area contributed by atoms with E-state index in [1.165, 1.54) is 42.3 Å². The minimum absolute atomic E-state index is 0. The van der Waals surface area contributed by atoms with Gasteiger partial charge in [0.1, 0.15) is 0 Å². The molecule has 8 aromatic carbocycles. The van der Waals surface area contributed by atoms with Crippen LogP contribution in [0.5, 0.6) is 0 Å². The topological polar surface area (TPSA) is 9.23 Å². The summed E-state index contributed by atoms with van der Waals surface area (Å²) in [5.74, 6) is 1.53.